The Balaban J connectivity index is 1.79. The molecule has 0 aliphatic carbocycles. The zero-order valence-electron chi connectivity index (χ0n) is 17.7. The van der Waals surface area contributed by atoms with Gasteiger partial charge < -0.3 is 19.1 Å². The molecule has 158 valence electrons. The Morgan fingerprint density at radius 1 is 1.31 bits per heavy atom. The highest BCUT2D eigenvalue weighted by Crippen LogP contribution is 2.31. The number of halogens is 1. The first-order valence-electron chi connectivity index (χ1n) is 9.66. The van der Waals surface area contributed by atoms with Gasteiger partial charge in [-0.3, -0.25) is 4.98 Å². The summed E-state index contributed by atoms with van der Waals surface area (Å²) in [6, 6.07) is 3.76. The molecule has 0 N–H and O–H groups in total. The third-order valence-electron chi connectivity index (χ3n) is 4.43. The van der Waals surface area contributed by atoms with Crippen molar-refractivity contribution in [2.45, 2.75) is 65.0 Å². The van der Waals surface area contributed by atoms with Crippen LogP contribution in [0.1, 0.15) is 41.5 Å². The second-order valence-corrected chi connectivity index (χ2v) is 9.84. The Morgan fingerprint density at radius 3 is 2.69 bits per heavy atom. The van der Waals surface area contributed by atoms with Crippen LogP contribution in [-0.4, -0.2) is 57.5 Å². The van der Waals surface area contributed by atoms with E-state index in [4.69, 9.17) is 14.2 Å². The molecule has 1 aliphatic rings. The third-order valence-corrected chi connectivity index (χ3v) is 4.89. The SMILES string of the molecule is C[C@@H](Oc1cc(Br)cc2nccnc12)[C@@H]1CN(C(=O)OC(C)(C)C)CC(C)(C)O1. The van der Waals surface area contributed by atoms with Gasteiger partial charge in [0.1, 0.15) is 29.1 Å². The van der Waals surface area contributed by atoms with Gasteiger partial charge in [0.25, 0.3) is 0 Å². The van der Waals surface area contributed by atoms with Crippen LogP contribution >= 0.6 is 15.9 Å². The van der Waals surface area contributed by atoms with E-state index in [1.54, 1.807) is 17.3 Å². The van der Waals surface area contributed by atoms with Crippen molar-refractivity contribution in [3.63, 3.8) is 0 Å². The number of hydrogen-bond donors (Lipinski definition) is 0. The Morgan fingerprint density at radius 2 is 2.00 bits per heavy atom. The number of nitrogens with zero attached hydrogens (tertiary/aromatic N) is 3. The van der Waals surface area contributed by atoms with Crippen LogP contribution in [-0.2, 0) is 9.47 Å². The Kier molecular flexibility index (Phi) is 6.06. The summed E-state index contributed by atoms with van der Waals surface area (Å²) in [7, 11) is 0. The van der Waals surface area contributed by atoms with Crippen LogP contribution in [0.4, 0.5) is 4.79 Å². The van der Waals surface area contributed by atoms with Crippen LogP contribution in [0.15, 0.2) is 29.0 Å². The fourth-order valence-corrected chi connectivity index (χ4v) is 3.74. The van der Waals surface area contributed by atoms with Gasteiger partial charge in [-0.1, -0.05) is 15.9 Å². The maximum absolute atomic E-state index is 12.6. The summed E-state index contributed by atoms with van der Waals surface area (Å²) >= 11 is 3.50. The van der Waals surface area contributed by atoms with Crippen LogP contribution in [0.25, 0.3) is 11.0 Å². The second-order valence-electron chi connectivity index (χ2n) is 8.93. The summed E-state index contributed by atoms with van der Waals surface area (Å²) in [5.41, 5.74) is 0.354. The third kappa shape index (κ3) is 5.57. The lowest BCUT2D eigenvalue weighted by molar-refractivity contribution is -0.159. The highest BCUT2D eigenvalue weighted by atomic mass is 79.9. The van der Waals surface area contributed by atoms with Crippen LogP contribution in [0, 0.1) is 0 Å². The van der Waals surface area contributed by atoms with E-state index < -0.39 is 11.2 Å². The summed E-state index contributed by atoms with van der Waals surface area (Å²) < 4.78 is 18.9. The van der Waals surface area contributed by atoms with Crippen molar-refractivity contribution in [3.8, 4) is 5.75 Å². The van der Waals surface area contributed by atoms with E-state index in [1.165, 1.54) is 0 Å². The molecule has 0 spiro atoms. The minimum Gasteiger partial charge on any atom is -0.486 e. The normalized spacial score (nSPS) is 20.4. The summed E-state index contributed by atoms with van der Waals surface area (Å²) in [6.45, 7) is 12.3. The van der Waals surface area contributed by atoms with E-state index in [0.717, 1.165) is 9.99 Å². The van der Waals surface area contributed by atoms with Gasteiger partial charge in [0.2, 0.25) is 0 Å². The van der Waals surface area contributed by atoms with E-state index in [1.807, 2.05) is 53.7 Å². The summed E-state index contributed by atoms with van der Waals surface area (Å²) in [4.78, 5) is 23.1. The lowest BCUT2D eigenvalue weighted by Crippen LogP contribution is -2.58. The smallest absolute Gasteiger partial charge is 0.410 e. The van der Waals surface area contributed by atoms with E-state index >= 15 is 0 Å². The second kappa shape index (κ2) is 8.07. The fraction of sp³-hybridized carbons (Fsp3) is 0.571. The van der Waals surface area contributed by atoms with Gasteiger partial charge in [-0.2, -0.15) is 0 Å². The van der Waals surface area contributed by atoms with Gasteiger partial charge in [0.05, 0.1) is 24.2 Å². The van der Waals surface area contributed by atoms with Crippen LogP contribution < -0.4 is 4.74 Å². The van der Waals surface area contributed by atoms with Gasteiger partial charge in [0, 0.05) is 16.9 Å². The fourth-order valence-electron chi connectivity index (χ4n) is 3.31. The molecule has 0 unspecified atom stereocenters. The van der Waals surface area contributed by atoms with Gasteiger partial charge in [-0.15, -0.1) is 0 Å². The molecule has 3 rings (SSSR count). The Hall–Kier alpha value is -1.93. The average Bonchev–Trinajstić information content (AvgIpc) is 2.58. The predicted octanol–water partition coefficient (Wildman–Crippen LogP) is 4.57. The molecular weight excluding hydrogens is 438 g/mol. The molecule has 2 atom stereocenters. The van der Waals surface area contributed by atoms with E-state index in [9.17, 15) is 4.79 Å². The maximum atomic E-state index is 12.6. The van der Waals surface area contributed by atoms with Crippen molar-refractivity contribution in [3.05, 3.63) is 29.0 Å². The Bertz CT molecular complexity index is 897. The largest absolute Gasteiger partial charge is 0.486 e. The predicted molar refractivity (Wildman–Crippen MR) is 114 cm³/mol. The lowest BCUT2D eigenvalue weighted by atomic mass is 10.0. The van der Waals surface area contributed by atoms with E-state index in [0.29, 0.717) is 24.4 Å². The molecule has 7 nitrogen and oxygen atoms in total. The standard InChI is InChI=1S/C21H28BrN3O4/c1-13(27-16-10-14(22)9-15-18(16)24-8-7-23-15)17-11-25(12-21(5,6)28-17)19(26)29-20(2,3)4/h7-10,13,17H,11-12H2,1-6H3/t13-,17+/m1/s1. The molecule has 1 amide bonds. The zero-order chi connectivity index (χ0) is 21.4. The molecule has 1 aliphatic heterocycles. The van der Waals surface area contributed by atoms with Crippen LogP contribution in [0.5, 0.6) is 5.75 Å². The van der Waals surface area contributed by atoms with Gasteiger partial charge in [-0.25, -0.2) is 9.78 Å². The number of carbonyl (C=O) groups is 1. The molecule has 0 saturated carbocycles. The first kappa shape index (κ1) is 21.8. The highest BCUT2D eigenvalue weighted by molar-refractivity contribution is 9.10. The number of benzene rings is 1. The minimum absolute atomic E-state index is 0.320. The summed E-state index contributed by atoms with van der Waals surface area (Å²) in [5, 5.41) is 0. The number of morpholine rings is 1. The van der Waals surface area contributed by atoms with Crippen LogP contribution in [0.3, 0.4) is 0 Å². The molecule has 2 heterocycles. The topological polar surface area (TPSA) is 73.8 Å². The Labute approximate surface area is 179 Å². The summed E-state index contributed by atoms with van der Waals surface area (Å²) in [6.07, 6.45) is 2.30. The number of hydrogen-bond acceptors (Lipinski definition) is 6. The van der Waals surface area contributed by atoms with Gasteiger partial charge in [-0.05, 0) is 53.7 Å². The van der Waals surface area contributed by atoms with Crippen molar-refractivity contribution in [1.29, 1.82) is 0 Å². The molecular formula is C21H28BrN3O4. The highest BCUT2D eigenvalue weighted by Gasteiger charge is 2.40. The van der Waals surface area contributed by atoms with Gasteiger partial charge in [0.15, 0.2) is 0 Å². The number of ether oxygens (including phenoxy) is 3. The molecule has 1 fully saturated rings. The molecule has 8 heteroatoms. The summed E-state index contributed by atoms with van der Waals surface area (Å²) in [5.74, 6) is 0.616. The van der Waals surface area contributed by atoms with E-state index in [2.05, 4.69) is 25.9 Å². The average molecular weight is 466 g/mol. The van der Waals surface area contributed by atoms with Crippen molar-refractivity contribution >= 4 is 33.1 Å². The molecule has 0 bridgehead atoms. The van der Waals surface area contributed by atoms with Gasteiger partial charge >= 0.3 is 6.09 Å². The number of aromatic nitrogens is 2. The molecule has 1 aromatic carbocycles. The monoisotopic (exact) mass is 465 g/mol. The number of amides is 1. The number of fused-ring (bicyclic) bond motifs is 1. The zero-order valence-corrected chi connectivity index (χ0v) is 19.3. The van der Waals surface area contributed by atoms with Crippen molar-refractivity contribution in [2.24, 2.45) is 0 Å². The molecule has 2 aromatic rings. The van der Waals surface area contributed by atoms with Crippen molar-refractivity contribution in [1.82, 2.24) is 14.9 Å². The quantitative estimate of drug-likeness (QED) is 0.660. The first-order valence-corrected chi connectivity index (χ1v) is 10.5. The molecule has 1 aromatic heterocycles. The molecule has 0 radical (unpaired) electrons. The lowest BCUT2D eigenvalue weighted by Gasteiger charge is -2.44. The number of rotatable bonds is 3. The first-order chi connectivity index (χ1) is 13.4. The minimum atomic E-state index is -0.551. The van der Waals surface area contributed by atoms with Crippen molar-refractivity contribution < 1.29 is 19.0 Å². The van der Waals surface area contributed by atoms with E-state index in [-0.39, 0.29) is 18.3 Å². The molecule has 29 heavy (non-hydrogen) atoms. The number of carbonyl (C=O) groups excluding carboxylic acids is 1. The van der Waals surface area contributed by atoms with Crippen molar-refractivity contribution in [2.75, 3.05) is 13.1 Å². The van der Waals surface area contributed by atoms with Crippen LogP contribution in [0.2, 0.25) is 0 Å². The maximum Gasteiger partial charge on any atom is 0.410 e. The molecule has 1 saturated heterocycles.